The number of aromatic nitrogens is 2. The molecular formula is C14H17BrFN3. The first-order valence-corrected chi connectivity index (χ1v) is 7.03. The standard InChI is InChI=1S/C14H17BrFN3/c1-10(2)17-8-13-5-6-18-19(13)9-11-7-12(15)3-4-14(11)16/h3-7,10,17H,8-9H2,1-2H3. The van der Waals surface area contributed by atoms with Crippen LogP contribution in [-0.2, 0) is 13.1 Å². The van der Waals surface area contributed by atoms with E-state index >= 15 is 0 Å². The minimum atomic E-state index is -0.207. The Hall–Kier alpha value is -1.20. The monoisotopic (exact) mass is 325 g/mol. The molecule has 0 aliphatic rings. The zero-order valence-electron chi connectivity index (χ0n) is 11.0. The van der Waals surface area contributed by atoms with Gasteiger partial charge in [0.1, 0.15) is 5.82 Å². The third-order valence-electron chi connectivity index (χ3n) is 2.82. The van der Waals surface area contributed by atoms with Crippen LogP contribution in [0.3, 0.4) is 0 Å². The normalized spacial score (nSPS) is 11.2. The molecule has 0 aliphatic carbocycles. The molecule has 1 heterocycles. The number of benzene rings is 1. The predicted octanol–water partition coefficient (Wildman–Crippen LogP) is 3.33. The highest BCUT2D eigenvalue weighted by molar-refractivity contribution is 9.10. The molecule has 0 saturated carbocycles. The highest BCUT2D eigenvalue weighted by atomic mass is 79.9. The van der Waals surface area contributed by atoms with Crippen molar-refractivity contribution in [2.75, 3.05) is 0 Å². The lowest BCUT2D eigenvalue weighted by Crippen LogP contribution is -2.24. The molecule has 1 N–H and O–H groups in total. The Balaban J connectivity index is 2.15. The molecule has 2 rings (SSSR count). The van der Waals surface area contributed by atoms with Crippen molar-refractivity contribution in [3.05, 3.63) is 52.0 Å². The zero-order chi connectivity index (χ0) is 13.8. The van der Waals surface area contributed by atoms with Gasteiger partial charge in [-0.2, -0.15) is 5.10 Å². The highest BCUT2D eigenvalue weighted by Gasteiger charge is 2.08. The lowest BCUT2D eigenvalue weighted by molar-refractivity contribution is 0.535. The molecule has 2 aromatic rings. The maximum atomic E-state index is 13.7. The number of hydrogen-bond donors (Lipinski definition) is 1. The van der Waals surface area contributed by atoms with E-state index in [1.165, 1.54) is 6.07 Å². The van der Waals surface area contributed by atoms with Crippen LogP contribution in [0.1, 0.15) is 25.1 Å². The van der Waals surface area contributed by atoms with Crippen LogP contribution in [0.2, 0.25) is 0 Å². The molecule has 1 aromatic carbocycles. The van der Waals surface area contributed by atoms with E-state index in [0.29, 0.717) is 18.2 Å². The number of rotatable bonds is 5. The summed E-state index contributed by atoms with van der Waals surface area (Å²) in [7, 11) is 0. The van der Waals surface area contributed by atoms with Crippen molar-refractivity contribution < 1.29 is 4.39 Å². The molecule has 0 bridgehead atoms. The highest BCUT2D eigenvalue weighted by Crippen LogP contribution is 2.17. The third-order valence-corrected chi connectivity index (χ3v) is 3.32. The Morgan fingerprint density at radius 2 is 2.16 bits per heavy atom. The molecule has 0 atom stereocenters. The molecule has 0 saturated heterocycles. The molecule has 19 heavy (non-hydrogen) atoms. The van der Waals surface area contributed by atoms with Gasteiger partial charge in [0.2, 0.25) is 0 Å². The van der Waals surface area contributed by atoms with E-state index in [1.807, 2.05) is 10.7 Å². The van der Waals surface area contributed by atoms with Gasteiger partial charge in [0.25, 0.3) is 0 Å². The van der Waals surface area contributed by atoms with Crippen LogP contribution in [0, 0.1) is 5.82 Å². The van der Waals surface area contributed by atoms with Gasteiger partial charge in [-0.15, -0.1) is 0 Å². The fourth-order valence-corrected chi connectivity index (χ4v) is 2.20. The van der Waals surface area contributed by atoms with E-state index < -0.39 is 0 Å². The van der Waals surface area contributed by atoms with E-state index in [2.05, 4.69) is 40.2 Å². The van der Waals surface area contributed by atoms with Gasteiger partial charge in [-0.3, -0.25) is 4.68 Å². The number of halogens is 2. The van der Waals surface area contributed by atoms with Gasteiger partial charge in [-0.25, -0.2) is 4.39 Å². The third kappa shape index (κ3) is 3.88. The summed E-state index contributed by atoms with van der Waals surface area (Å²) in [5.41, 5.74) is 1.68. The van der Waals surface area contributed by atoms with E-state index in [-0.39, 0.29) is 5.82 Å². The van der Waals surface area contributed by atoms with Gasteiger partial charge < -0.3 is 5.32 Å². The number of hydrogen-bond acceptors (Lipinski definition) is 2. The summed E-state index contributed by atoms with van der Waals surface area (Å²) >= 11 is 3.36. The molecule has 0 amide bonds. The fourth-order valence-electron chi connectivity index (χ4n) is 1.79. The van der Waals surface area contributed by atoms with Gasteiger partial charge in [0, 0.05) is 28.8 Å². The Morgan fingerprint density at radius 3 is 2.89 bits per heavy atom. The summed E-state index contributed by atoms with van der Waals surface area (Å²) in [6, 6.07) is 7.31. The molecular weight excluding hydrogens is 309 g/mol. The summed E-state index contributed by atoms with van der Waals surface area (Å²) in [5.74, 6) is -0.207. The second kappa shape index (κ2) is 6.30. The Morgan fingerprint density at radius 1 is 1.37 bits per heavy atom. The zero-order valence-corrected chi connectivity index (χ0v) is 12.6. The van der Waals surface area contributed by atoms with Crippen molar-refractivity contribution in [3.8, 4) is 0 Å². The van der Waals surface area contributed by atoms with Crippen molar-refractivity contribution in [2.24, 2.45) is 0 Å². The Kier molecular flexibility index (Phi) is 4.71. The maximum absolute atomic E-state index is 13.7. The number of nitrogens with zero attached hydrogens (tertiary/aromatic N) is 2. The molecule has 5 heteroatoms. The largest absolute Gasteiger partial charge is 0.309 e. The second-order valence-electron chi connectivity index (χ2n) is 4.75. The quantitative estimate of drug-likeness (QED) is 0.913. The van der Waals surface area contributed by atoms with Crippen LogP contribution in [-0.4, -0.2) is 15.8 Å². The lowest BCUT2D eigenvalue weighted by atomic mass is 10.2. The van der Waals surface area contributed by atoms with Gasteiger partial charge in [0.05, 0.1) is 12.2 Å². The topological polar surface area (TPSA) is 29.9 Å². The average Bonchev–Trinajstić information content (AvgIpc) is 2.79. The Labute approximate surface area is 121 Å². The lowest BCUT2D eigenvalue weighted by Gasteiger charge is -2.11. The SMILES string of the molecule is CC(C)NCc1ccnn1Cc1cc(Br)ccc1F. The first kappa shape index (κ1) is 14.2. The Bertz CT molecular complexity index is 551. The van der Waals surface area contributed by atoms with Gasteiger partial charge in [-0.05, 0) is 24.3 Å². The minimum Gasteiger partial charge on any atom is -0.309 e. The summed E-state index contributed by atoms with van der Waals surface area (Å²) in [4.78, 5) is 0. The molecule has 0 radical (unpaired) electrons. The van der Waals surface area contributed by atoms with Crippen LogP contribution in [0.25, 0.3) is 0 Å². The first-order valence-electron chi connectivity index (χ1n) is 6.24. The van der Waals surface area contributed by atoms with Gasteiger partial charge in [-0.1, -0.05) is 29.8 Å². The van der Waals surface area contributed by atoms with E-state index in [1.54, 1.807) is 18.3 Å². The predicted molar refractivity (Wildman–Crippen MR) is 77.4 cm³/mol. The molecule has 3 nitrogen and oxygen atoms in total. The second-order valence-corrected chi connectivity index (χ2v) is 5.67. The van der Waals surface area contributed by atoms with Crippen LogP contribution in [0.5, 0.6) is 0 Å². The van der Waals surface area contributed by atoms with E-state index in [4.69, 9.17) is 0 Å². The van der Waals surface area contributed by atoms with Crippen LogP contribution < -0.4 is 5.32 Å². The summed E-state index contributed by atoms with van der Waals surface area (Å²) in [5, 5.41) is 7.59. The van der Waals surface area contributed by atoms with Gasteiger partial charge in [0.15, 0.2) is 0 Å². The van der Waals surface area contributed by atoms with Crippen molar-refractivity contribution in [2.45, 2.75) is 33.0 Å². The van der Waals surface area contributed by atoms with E-state index in [0.717, 1.165) is 16.7 Å². The van der Waals surface area contributed by atoms with E-state index in [9.17, 15) is 4.39 Å². The van der Waals surface area contributed by atoms with Crippen molar-refractivity contribution >= 4 is 15.9 Å². The van der Waals surface area contributed by atoms with Gasteiger partial charge >= 0.3 is 0 Å². The average molecular weight is 326 g/mol. The van der Waals surface area contributed by atoms with Crippen molar-refractivity contribution in [1.29, 1.82) is 0 Å². The summed E-state index contributed by atoms with van der Waals surface area (Å²) in [6.07, 6.45) is 1.74. The molecule has 102 valence electrons. The van der Waals surface area contributed by atoms with Crippen LogP contribution in [0.4, 0.5) is 4.39 Å². The smallest absolute Gasteiger partial charge is 0.128 e. The summed E-state index contributed by atoms with van der Waals surface area (Å²) in [6.45, 7) is 5.35. The van der Waals surface area contributed by atoms with Crippen molar-refractivity contribution in [1.82, 2.24) is 15.1 Å². The molecule has 0 fully saturated rings. The molecule has 1 aromatic heterocycles. The maximum Gasteiger partial charge on any atom is 0.128 e. The fraction of sp³-hybridized carbons (Fsp3) is 0.357. The van der Waals surface area contributed by atoms with Crippen LogP contribution >= 0.6 is 15.9 Å². The molecule has 0 unspecified atom stereocenters. The van der Waals surface area contributed by atoms with Crippen molar-refractivity contribution in [3.63, 3.8) is 0 Å². The first-order chi connectivity index (χ1) is 9.06. The molecule has 0 aliphatic heterocycles. The number of nitrogens with one attached hydrogen (secondary N) is 1. The van der Waals surface area contributed by atoms with Crippen LogP contribution in [0.15, 0.2) is 34.9 Å². The summed E-state index contributed by atoms with van der Waals surface area (Å²) < 4.78 is 16.4. The molecule has 0 spiro atoms. The minimum absolute atomic E-state index is 0.207.